The molecule has 8 heteroatoms. The highest BCUT2D eigenvalue weighted by atomic mass is 35.5. The number of hydrogen-bond donors (Lipinski definition) is 1. The van der Waals surface area contributed by atoms with Crippen molar-refractivity contribution in [3.8, 4) is 5.75 Å². The minimum absolute atomic E-state index is 0.0571. The van der Waals surface area contributed by atoms with Gasteiger partial charge in [-0.3, -0.25) is 14.6 Å². The highest BCUT2D eigenvalue weighted by Crippen LogP contribution is 2.41. The molecule has 1 N–H and O–H groups in total. The summed E-state index contributed by atoms with van der Waals surface area (Å²) in [4.78, 5) is 31.3. The van der Waals surface area contributed by atoms with E-state index in [1.165, 1.54) is 24.3 Å². The number of methoxy groups -OCH3 is 1. The molecule has 30 heavy (non-hydrogen) atoms. The lowest BCUT2D eigenvalue weighted by molar-refractivity contribution is -0.140. The maximum absolute atomic E-state index is 13.0. The van der Waals surface area contributed by atoms with E-state index in [1.807, 2.05) is 0 Å². The third kappa shape index (κ3) is 3.44. The number of furan rings is 1. The van der Waals surface area contributed by atoms with Gasteiger partial charge in [0.1, 0.15) is 17.3 Å². The van der Waals surface area contributed by atoms with Crippen molar-refractivity contribution in [1.82, 2.24) is 9.88 Å². The molecule has 1 aromatic carbocycles. The van der Waals surface area contributed by atoms with Crippen molar-refractivity contribution in [3.63, 3.8) is 0 Å². The molecule has 7 nitrogen and oxygen atoms in total. The van der Waals surface area contributed by atoms with Gasteiger partial charge >= 0.3 is 0 Å². The number of nitrogens with zero attached hydrogens (tertiary/aromatic N) is 2. The number of amides is 1. The Balaban J connectivity index is 1.90. The van der Waals surface area contributed by atoms with Gasteiger partial charge in [0.15, 0.2) is 0 Å². The normalized spacial score (nSPS) is 18.1. The first-order valence-electron chi connectivity index (χ1n) is 9.06. The first-order chi connectivity index (χ1) is 14.5. The van der Waals surface area contributed by atoms with Crippen molar-refractivity contribution in [2.24, 2.45) is 0 Å². The van der Waals surface area contributed by atoms with Crippen LogP contribution in [0.15, 0.2) is 71.1 Å². The van der Waals surface area contributed by atoms with Gasteiger partial charge in [-0.2, -0.15) is 0 Å². The van der Waals surface area contributed by atoms with Crippen LogP contribution in [0, 0.1) is 0 Å². The summed E-state index contributed by atoms with van der Waals surface area (Å²) in [5, 5.41) is 11.5. The highest BCUT2D eigenvalue weighted by molar-refractivity contribution is 6.46. The maximum Gasteiger partial charge on any atom is 0.296 e. The van der Waals surface area contributed by atoms with Crippen molar-refractivity contribution in [3.05, 3.63) is 88.6 Å². The predicted octanol–water partition coefficient (Wildman–Crippen LogP) is 3.96. The quantitative estimate of drug-likeness (QED) is 0.378. The number of ketones is 1. The molecule has 0 spiro atoms. The molecule has 0 bridgehead atoms. The van der Waals surface area contributed by atoms with Gasteiger partial charge in [0.05, 0.1) is 37.1 Å². The van der Waals surface area contributed by atoms with Crippen LogP contribution < -0.4 is 4.74 Å². The number of benzene rings is 1. The molecular weight excluding hydrogens is 408 g/mol. The monoisotopic (exact) mass is 424 g/mol. The van der Waals surface area contributed by atoms with Gasteiger partial charge in [0.2, 0.25) is 0 Å². The largest absolute Gasteiger partial charge is 0.507 e. The molecule has 0 aliphatic carbocycles. The summed E-state index contributed by atoms with van der Waals surface area (Å²) in [7, 11) is 1.44. The van der Waals surface area contributed by atoms with Crippen molar-refractivity contribution >= 4 is 29.1 Å². The van der Waals surface area contributed by atoms with Crippen LogP contribution in [-0.2, 0) is 16.1 Å². The van der Waals surface area contributed by atoms with Crippen molar-refractivity contribution in [2.75, 3.05) is 7.11 Å². The summed E-state index contributed by atoms with van der Waals surface area (Å²) >= 11 is 6.09. The van der Waals surface area contributed by atoms with Gasteiger partial charge in [-0.05, 0) is 48.0 Å². The van der Waals surface area contributed by atoms with Gasteiger partial charge in [-0.25, -0.2) is 0 Å². The lowest BCUT2D eigenvalue weighted by Crippen LogP contribution is -2.29. The molecule has 1 saturated heterocycles. The fourth-order valence-corrected chi connectivity index (χ4v) is 3.69. The lowest BCUT2D eigenvalue weighted by atomic mass is 9.95. The van der Waals surface area contributed by atoms with Crippen LogP contribution in [0.25, 0.3) is 5.76 Å². The number of carbonyl (C=O) groups is 2. The highest BCUT2D eigenvalue weighted by Gasteiger charge is 2.46. The second kappa shape index (κ2) is 8.04. The van der Waals surface area contributed by atoms with E-state index >= 15 is 0 Å². The number of aliphatic hydroxyl groups is 1. The number of aromatic nitrogens is 1. The Morgan fingerprint density at radius 3 is 2.67 bits per heavy atom. The van der Waals surface area contributed by atoms with Gasteiger partial charge < -0.3 is 19.2 Å². The van der Waals surface area contributed by atoms with Crippen LogP contribution in [-0.4, -0.2) is 33.8 Å². The van der Waals surface area contributed by atoms with E-state index in [0.717, 1.165) is 0 Å². The molecule has 4 rings (SSSR count). The Morgan fingerprint density at radius 1 is 1.23 bits per heavy atom. The van der Waals surface area contributed by atoms with Gasteiger partial charge in [0, 0.05) is 17.4 Å². The van der Waals surface area contributed by atoms with E-state index in [0.29, 0.717) is 22.1 Å². The van der Waals surface area contributed by atoms with E-state index in [2.05, 4.69) is 4.98 Å². The third-order valence-corrected chi connectivity index (χ3v) is 5.12. The van der Waals surface area contributed by atoms with Crippen molar-refractivity contribution in [2.45, 2.75) is 12.6 Å². The van der Waals surface area contributed by atoms with Crippen molar-refractivity contribution < 1.29 is 23.8 Å². The topological polar surface area (TPSA) is 92.9 Å². The van der Waals surface area contributed by atoms with E-state index in [4.69, 9.17) is 20.8 Å². The van der Waals surface area contributed by atoms with E-state index < -0.39 is 17.7 Å². The number of hydrogen-bond acceptors (Lipinski definition) is 6. The molecule has 2 aromatic heterocycles. The van der Waals surface area contributed by atoms with Crippen LogP contribution >= 0.6 is 11.6 Å². The first kappa shape index (κ1) is 19.7. The molecule has 3 heterocycles. The predicted molar refractivity (Wildman–Crippen MR) is 109 cm³/mol. The van der Waals surface area contributed by atoms with Crippen LogP contribution in [0.3, 0.4) is 0 Å². The molecule has 1 amide bonds. The number of rotatable bonds is 5. The Hall–Kier alpha value is -3.58. The first-order valence-corrected chi connectivity index (χ1v) is 9.43. The summed E-state index contributed by atoms with van der Waals surface area (Å²) in [6, 6.07) is 10.6. The van der Waals surface area contributed by atoms with Crippen molar-refractivity contribution in [1.29, 1.82) is 0 Å². The van der Waals surface area contributed by atoms with Gasteiger partial charge in [0.25, 0.3) is 11.7 Å². The van der Waals surface area contributed by atoms with Crippen LogP contribution in [0.5, 0.6) is 5.75 Å². The molecule has 1 aliphatic rings. The SMILES string of the molecule is COc1ccc(Cl)cc1/C(O)=C1\C(=O)C(=O)N(Cc2ccco2)C1c1ccncc1. The standard InChI is InChI=1S/C22H17ClN2O5/c1-29-17-5-4-14(23)11-16(17)20(26)18-19(13-6-8-24-9-7-13)25(22(28)21(18)27)12-15-3-2-10-30-15/h2-11,19,26H,12H2,1H3/b20-18+. The zero-order chi connectivity index (χ0) is 21.3. The Bertz CT molecular complexity index is 1130. The van der Waals surface area contributed by atoms with Crippen LogP contribution in [0.2, 0.25) is 5.02 Å². The minimum atomic E-state index is -0.832. The second-order valence-corrected chi connectivity index (χ2v) is 7.07. The fourth-order valence-electron chi connectivity index (χ4n) is 3.52. The second-order valence-electron chi connectivity index (χ2n) is 6.63. The number of likely N-dealkylation sites (tertiary alicyclic amines) is 1. The molecule has 152 valence electrons. The molecule has 3 aromatic rings. The molecule has 1 atom stereocenters. The number of halogens is 1. The summed E-state index contributed by atoms with van der Waals surface area (Å²) in [6.45, 7) is 0.0635. The number of ether oxygens (including phenoxy) is 1. The number of pyridine rings is 1. The molecule has 1 aliphatic heterocycles. The Kier molecular flexibility index (Phi) is 5.29. The number of carbonyl (C=O) groups excluding carboxylic acids is 2. The smallest absolute Gasteiger partial charge is 0.296 e. The average molecular weight is 425 g/mol. The van der Waals surface area contributed by atoms with E-state index in [-0.39, 0.29) is 23.4 Å². The number of aliphatic hydroxyl groups excluding tert-OH is 1. The Labute approximate surface area is 177 Å². The van der Waals surface area contributed by atoms with E-state index in [1.54, 1.807) is 48.8 Å². The van der Waals surface area contributed by atoms with Gasteiger partial charge in [-0.15, -0.1) is 0 Å². The Morgan fingerprint density at radius 2 is 2.00 bits per heavy atom. The fraction of sp³-hybridized carbons (Fsp3) is 0.136. The van der Waals surface area contributed by atoms with Crippen LogP contribution in [0.4, 0.5) is 0 Å². The molecule has 0 radical (unpaired) electrons. The summed E-state index contributed by atoms with van der Waals surface area (Å²) in [5.74, 6) is -1.07. The maximum atomic E-state index is 13.0. The molecule has 1 fully saturated rings. The van der Waals surface area contributed by atoms with Crippen LogP contribution in [0.1, 0.15) is 22.9 Å². The lowest BCUT2D eigenvalue weighted by Gasteiger charge is -2.24. The van der Waals surface area contributed by atoms with E-state index in [9.17, 15) is 14.7 Å². The molecule has 0 saturated carbocycles. The summed E-state index contributed by atoms with van der Waals surface area (Å²) < 4.78 is 10.7. The van der Waals surface area contributed by atoms with Gasteiger partial charge in [-0.1, -0.05) is 11.6 Å². The molecular formula is C22H17ClN2O5. The summed E-state index contributed by atoms with van der Waals surface area (Å²) in [5.41, 5.74) is 0.789. The minimum Gasteiger partial charge on any atom is -0.507 e. The molecule has 1 unspecified atom stereocenters. The third-order valence-electron chi connectivity index (χ3n) is 4.88. The average Bonchev–Trinajstić information content (AvgIpc) is 3.36. The number of Topliss-reactive ketones (excluding diaryl/α,β-unsaturated/α-hetero) is 1. The summed E-state index contributed by atoms with van der Waals surface area (Å²) in [6.07, 6.45) is 4.61. The zero-order valence-electron chi connectivity index (χ0n) is 15.9. The zero-order valence-corrected chi connectivity index (χ0v) is 16.7.